The van der Waals surface area contributed by atoms with Crippen molar-refractivity contribution < 1.29 is 14.5 Å². The monoisotopic (exact) mass is 325 g/mol. The van der Waals surface area contributed by atoms with Gasteiger partial charge in [0.25, 0.3) is 11.6 Å². The molecule has 7 nitrogen and oxygen atoms in total. The molecule has 2 rings (SSSR count). The number of aromatic nitrogens is 1. The van der Waals surface area contributed by atoms with Crippen molar-refractivity contribution in [2.45, 2.75) is 6.92 Å². The largest absolute Gasteiger partial charge is 0.298 e. The number of nitrogens with one attached hydrogen (secondary N) is 1. The lowest BCUT2D eigenvalue weighted by Gasteiger charge is -2.03. The topological polar surface area (TPSA) is 102 Å². The normalized spacial score (nSPS) is 10.2. The molecule has 0 unspecified atom stereocenters. The number of carbonyl (C=O) groups is 2. The number of anilines is 1. The Bertz CT molecular complexity index is 744. The fourth-order valence-electron chi connectivity index (χ4n) is 1.46. The van der Waals surface area contributed by atoms with Crippen LogP contribution >= 0.6 is 22.9 Å². The molecule has 1 N–H and O–H groups in total. The van der Waals surface area contributed by atoms with Crippen LogP contribution < -0.4 is 5.32 Å². The van der Waals surface area contributed by atoms with Gasteiger partial charge in [-0.2, -0.15) is 0 Å². The maximum atomic E-state index is 12.1. The Balaban J connectivity index is 2.25. The molecule has 0 fully saturated rings. The van der Waals surface area contributed by atoms with E-state index in [0.717, 1.165) is 17.4 Å². The van der Waals surface area contributed by atoms with Crippen LogP contribution in [-0.2, 0) is 0 Å². The number of thiazole rings is 1. The second-order valence-corrected chi connectivity index (χ2v) is 5.23. The van der Waals surface area contributed by atoms with Crippen LogP contribution in [0.3, 0.4) is 0 Å². The molecule has 2 aromatic rings. The van der Waals surface area contributed by atoms with Gasteiger partial charge < -0.3 is 0 Å². The molecule has 0 aliphatic carbocycles. The maximum Gasteiger partial charge on any atom is 0.270 e. The van der Waals surface area contributed by atoms with Crippen LogP contribution in [0.2, 0.25) is 5.02 Å². The summed E-state index contributed by atoms with van der Waals surface area (Å²) in [5, 5.41) is 15.0. The molecule has 0 saturated heterocycles. The molecule has 0 aliphatic rings. The van der Waals surface area contributed by atoms with Gasteiger partial charge in [0, 0.05) is 24.4 Å². The highest BCUT2D eigenvalue weighted by atomic mass is 35.5. The lowest BCUT2D eigenvalue weighted by molar-refractivity contribution is -0.384. The summed E-state index contributed by atoms with van der Waals surface area (Å²) in [6, 6.07) is 3.56. The van der Waals surface area contributed by atoms with Gasteiger partial charge in [-0.25, -0.2) is 4.98 Å². The van der Waals surface area contributed by atoms with Crippen molar-refractivity contribution in [1.29, 1.82) is 0 Å². The molecule has 9 heteroatoms. The van der Waals surface area contributed by atoms with Crippen LogP contribution in [0.1, 0.15) is 27.8 Å². The molecule has 1 aromatic heterocycles. The minimum absolute atomic E-state index is 0.0366. The van der Waals surface area contributed by atoms with E-state index in [4.69, 9.17) is 11.6 Å². The molecule has 108 valence electrons. The first-order chi connectivity index (χ1) is 9.88. The van der Waals surface area contributed by atoms with Crippen LogP contribution in [-0.4, -0.2) is 21.6 Å². The number of hydrogen-bond acceptors (Lipinski definition) is 6. The predicted octanol–water partition coefficient (Wildman–Crippen LogP) is 3.16. The van der Waals surface area contributed by atoms with Crippen molar-refractivity contribution in [2.24, 2.45) is 0 Å². The van der Waals surface area contributed by atoms with E-state index in [9.17, 15) is 19.7 Å². The highest BCUT2D eigenvalue weighted by Crippen LogP contribution is 2.24. The number of carbonyl (C=O) groups excluding carboxylic acids is 2. The predicted molar refractivity (Wildman–Crippen MR) is 78.2 cm³/mol. The van der Waals surface area contributed by atoms with E-state index in [1.165, 1.54) is 24.4 Å². The summed E-state index contributed by atoms with van der Waals surface area (Å²) in [5.41, 5.74) is -0.0426. The molecular weight excluding hydrogens is 318 g/mol. The van der Waals surface area contributed by atoms with E-state index in [1.54, 1.807) is 0 Å². The molecule has 1 heterocycles. The third-order valence-corrected chi connectivity index (χ3v) is 3.58. The Morgan fingerprint density at radius 2 is 2.14 bits per heavy atom. The highest BCUT2D eigenvalue weighted by Gasteiger charge is 2.17. The summed E-state index contributed by atoms with van der Waals surface area (Å²) >= 11 is 6.94. The lowest BCUT2D eigenvalue weighted by Crippen LogP contribution is -2.13. The molecule has 1 aromatic carbocycles. The number of nitro groups is 1. The van der Waals surface area contributed by atoms with Crippen LogP contribution in [0.5, 0.6) is 0 Å². The maximum absolute atomic E-state index is 12.1. The number of hydrogen-bond donors (Lipinski definition) is 1. The van der Waals surface area contributed by atoms with Crippen molar-refractivity contribution >= 4 is 45.4 Å². The Hall–Kier alpha value is -2.32. The standard InChI is InChI=1S/C12H8ClN3O4S/c1-6(17)10-5-21-12(14-10)15-11(18)8-4-7(16(19)20)2-3-9(8)13/h2-5H,1H3,(H,14,15,18). The Kier molecular flexibility index (Phi) is 4.29. The minimum atomic E-state index is -0.631. The summed E-state index contributed by atoms with van der Waals surface area (Å²) in [5.74, 6) is -0.853. The molecular formula is C12H8ClN3O4S. The first kappa shape index (κ1) is 15.1. The van der Waals surface area contributed by atoms with Gasteiger partial charge in [0.15, 0.2) is 10.9 Å². The third-order valence-electron chi connectivity index (χ3n) is 2.49. The molecule has 0 aliphatic heterocycles. The summed E-state index contributed by atoms with van der Waals surface area (Å²) in [7, 11) is 0. The van der Waals surface area contributed by atoms with Crippen LogP contribution in [0, 0.1) is 10.1 Å². The van der Waals surface area contributed by atoms with E-state index in [-0.39, 0.29) is 32.9 Å². The van der Waals surface area contributed by atoms with Crippen LogP contribution in [0.15, 0.2) is 23.6 Å². The number of nitrogens with zero attached hydrogens (tertiary/aromatic N) is 2. The molecule has 1 amide bonds. The van der Waals surface area contributed by atoms with Crippen molar-refractivity contribution in [3.63, 3.8) is 0 Å². The zero-order valence-electron chi connectivity index (χ0n) is 10.6. The molecule has 21 heavy (non-hydrogen) atoms. The fourth-order valence-corrected chi connectivity index (χ4v) is 2.41. The second-order valence-electron chi connectivity index (χ2n) is 3.97. The van der Waals surface area contributed by atoms with Gasteiger partial charge in [-0.3, -0.25) is 25.0 Å². The molecule has 0 spiro atoms. The number of halogens is 1. The summed E-state index contributed by atoms with van der Waals surface area (Å²) in [4.78, 5) is 37.2. The zero-order chi connectivity index (χ0) is 15.6. The van der Waals surface area contributed by atoms with Crippen LogP contribution in [0.4, 0.5) is 10.8 Å². The Morgan fingerprint density at radius 1 is 1.43 bits per heavy atom. The Morgan fingerprint density at radius 3 is 2.71 bits per heavy atom. The van der Waals surface area contributed by atoms with Gasteiger partial charge in [-0.15, -0.1) is 11.3 Å². The van der Waals surface area contributed by atoms with Crippen molar-refractivity contribution in [3.8, 4) is 0 Å². The van der Waals surface area contributed by atoms with E-state index >= 15 is 0 Å². The summed E-state index contributed by atoms with van der Waals surface area (Å²) in [6.07, 6.45) is 0. The first-order valence-corrected chi connectivity index (χ1v) is 6.86. The van der Waals surface area contributed by atoms with Crippen molar-refractivity contribution in [3.05, 3.63) is 50.0 Å². The SMILES string of the molecule is CC(=O)c1csc(NC(=O)c2cc([N+](=O)[O-])ccc2Cl)n1. The molecule has 0 bridgehead atoms. The van der Waals surface area contributed by atoms with Crippen molar-refractivity contribution in [1.82, 2.24) is 4.98 Å². The molecule has 0 radical (unpaired) electrons. The number of ketones is 1. The molecule has 0 saturated carbocycles. The number of Topliss-reactive ketones (excluding diaryl/α,β-unsaturated/α-hetero) is 1. The minimum Gasteiger partial charge on any atom is -0.298 e. The van der Waals surface area contributed by atoms with E-state index in [0.29, 0.717) is 0 Å². The number of benzene rings is 1. The van der Waals surface area contributed by atoms with Gasteiger partial charge in [0.2, 0.25) is 0 Å². The number of amides is 1. The van der Waals surface area contributed by atoms with E-state index in [1.807, 2.05) is 0 Å². The number of non-ortho nitro benzene ring substituents is 1. The van der Waals surface area contributed by atoms with Gasteiger partial charge in [-0.05, 0) is 6.07 Å². The van der Waals surface area contributed by atoms with E-state index in [2.05, 4.69) is 10.3 Å². The number of rotatable bonds is 4. The quantitative estimate of drug-likeness (QED) is 0.528. The molecule has 0 atom stereocenters. The third kappa shape index (κ3) is 3.41. The smallest absolute Gasteiger partial charge is 0.270 e. The zero-order valence-corrected chi connectivity index (χ0v) is 12.2. The Labute approximate surface area is 127 Å². The van der Waals surface area contributed by atoms with Crippen LogP contribution in [0.25, 0.3) is 0 Å². The fraction of sp³-hybridized carbons (Fsp3) is 0.0833. The van der Waals surface area contributed by atoms with E-state index < -0.39 is 10.8 Å². The van der Waals surface area contributed by atoms with Gasteiger partial charge >= 0.3 is 0 Å². The van der Waals surface area contributed by atoms with Gasteiger partial charge in [0.05, 0.1) is 15.5 Å². The second kappa shape index (κ2) is 5.98. The summed E-state index contributed by atoms with van der Waals surface area (Å²) in [6.45, 7) is 1.36. The lowest BCUT2D eigenvalue weighted by atomic mass is 10.2. The van der Waals surface area contributed by atoms with Gasteiger partial charge in [-0.1, -0.05) is 11.6 Å². The van der Waals surface area contributed by atoms with Crippen molar-refractivity contribution in [2.75, 3.05) is 5.32 Å². The number of nitro benzene ring substituents is 1. The average molecular weight is 326 g/mol. The van der Waals surface area contributed by atoms with Gasteiger partial charge in [0.1, 0.15) is 5.69 Å². The summed E-state index contributed by atoms with van der Waals surface area (Å²) < 4.78 is 0. The highest BCUT2D eigenvalue weighted by molar-refractivity contribution is 7.14. The average Bonchev–Trinajstić information content (AvgIpc) is 2.87. The first-order valence-electron chi connectivity index (χ1n) is 5.60.